The van der Waals surface area contributed by atoms with E-state index in [-0.39, 0.29) is 4.83 Å². The zero-order chi connectivity index (χ0) is 13.4. The van der Waals surface area contributed by atoms with Gasteiger partial charge in [0.15, 0.2) is 0 Å². The summed E-state index contributed by atoms with van der Waals surface area (Å²) >= 11 is 11.9. The zero-order valence-electron chi connectivity index (χ0n) is 11.0. The minimum Gasteiger partial charge on any atom is -0.145 e. The molecule has 0 saturated carbocycles. The van der Waals surface area contributed by atoms with Crippen LogP contribution in [0.2, 0.25) is 5.02 Å². The van der Waals surface area contributed by atoms with Crippen LogP contribution < -0.4 is 0 Å². The first-order valence-electron chi connectivity index (χ1n) is 5.87. The number of aryl methyl sites for hydroxylation is 4. The average Bonchev–Trinajstić information content (AvgIpc) is 2.58. The topological polar surface area (TPSA) is 0 Å². The Bertz CT molecular complexity index is 563. The van der Waals surface area contributed by atoms with Gasteiger partial charge >= 0.3 is 0 Å². The van der Waals surface area contributed by atoms with Gasteiger partial charge in [0, 0.05) is 4.88 Å². The highest BCUT2D eigenvalue weighted by Gasteiger charge is 2.20. The van der Waals surface area contributed by atoms with Crippen LogP contribution in [0, 0.1) is 27.7 Å². The van der Waals surface area contributed by atoms with Crippen molar-refractivity contribution in [3.8, 4) is 0 Å². The fourth-order valence-corrected chi connectivity index (χ4v) is 5.03. The van der Waals surface area contributed by atoms with Crippen LogP contribution in [0.4, 0.5) is 0 Å². The molecule has 0 nitrogen and oxygen atoms in total. The number of thiophene rings is 1. The number of halogens is 2. The Morgan fingerprint density at radius 1 is 1.06 bits per heavy atom. The Balaban J connectivity index is 2.53. The van der Waals surface area contributed by atoms with Crippen molar-refractivity contribution in [1.29, 1.82) is 0 Å². The molecule has 0 spiro atoms. The summed E-state index contributed by atoms with van der Waals surface area (Å²) in [6, 6.07) is 4.45. The summed E-state index contributed by atoms with van der Waals surface area (Å²) in [4.78, 5) is 1.38. The van der Waals surface area contributed by atoms with Crippen LogP contribution in [-0.4, -0.2) is 0 Å². The van der Waals surface area contributed by atoms with Gasteiger partial charge in [-0.1, -0.05) is 45.2 Å². The van der Waals surface area contributed by atoms with E-state index in [9.17, 15) is 0 Å². The van der Waals surface area contributed by atoms with Gasteiger partial charge in [-0.15, -0.1) is 11.3 Å². The Kier molecular flexibility index (Phi) is 4.20. The summed E-state index contributed by atoms with van der Waals surface area (Å²) in [5.41, 5.74) is 6.43. The predicted octanol–water partition coefficient (Wildman–Crippen LogP) is 6.12. The molecule has 1 aromatic carbocycles. The molecule has 96 valence electrons. The van der Waals surface area contributed by atoms with E-state index in [0.717, 1.165) is 10.6 Å². The summed E-state index contributed by atoms with van der Waals surface area (Å²) in [6.45, 7) is 8.52. The van der Waals surface area contributed by atoms with Crippen molar-refractivity contribution in [3.05, 3.63) is 55.2 Å². The molecule has 1 atom stereocenters. The second kappa shape index (κ2) is 5.36. The van der Waals surface area contributed by atoms with Gasteiger partial charge < -0.3 is 0 Å². The van der Waals surface area contributed by atoms with Crippen LogP contribution in [0.1, 0.15) is 37.5 Å². The lowest BCUT2D eigenvalue weighted by Crippen LogP contribution is -1.99. The lowest BCUT2D eigenvalue weighted by molar-refractivity contribution is 1.12. The van der Waals surface area contributed by atoms with Crippen LogP contribution in [0.3, 0.4) is 0 Å². The summed E-state index contributed by atoms with van der Waals surface area (Å²) in [5, 5.41) is 3.01. The van der Waals surface area contributed by atoms with Crippen LogP contribution >= 0.6 is 38.9 Å². The maximum Gasteiger partial charge on any atom is 0.0758 e. The maximum absolute atomic E-state index is 6.37. The highest BCUT2D eigenvalue weighted by molar-refractivity contribution is 9.09. The molecule has 0 aliphatic carbocycles. The minimum absolute atomic E-state index is 0.185. The molecule has 0 saturated heterocycles. The molecule has 1 aromatic heterocycles. The Labute approximate surface area is 126 Å². The average molecular weight is 344 g/mol. The van der Waals surface area contributed by atoms with E-state index in [0.29, 0.717) is 0 Å². The van der Waals surface area contributed by atoms with Crippen molar-refractivity contribution in [1.82, 2.24) is 0 Å². The van der Waals surface area contributed by atoms with Gasteiger partial charge in [0.1, 0.15) is 0 Å². The zero-order valence-corrected chi connectivity index (χ0v) is 14.1. The molecule has 2 rings (SSSR count). The molecule has 0 aliphatic heterocycles. The van der Waals surface area contributed by atoms with Crippen LogP contribution in [0.15, 0.2) is 17.5 Å². The Hall–Kier alpha value is -0.310. The quantitative estimate of drug-likeness (QED) is 0.576. The molecule has 0 radical (unpaired) electrons. The number of alkyl halides is 1. The molecule has 18 heavy (non-hydrogen) atoms. The molecule has 1 heterocycles. The fourth-order valence-electron chi connectivity index (χ4n) is 2.34. The van der Waals surface area contributed by atoms with Crippen molar-refractivity contribution < 1.29 is 0 Å². The fraction of sp³-hybridized carbons (Fsp3) is 0.333. The molecule has 3 heteroatoms. The van der Waals surface area contributed by atoms with Crippen molar-refractivity contribution >= 4 is 38.9 Å². The van der Waals surface area contributed by atoms with Crippen molar-refractivity contribution in [2.45, 2.75) is 32.5 Å². The summed E-state index contributed by atoms with van der Waals surface area (Å²) in [5.74, 6) is 0. The SMILES string of the molecule is Cc1cc(C)c(C(Br)c2scc(C)c2Cl)c(C)c1. The first-order valence-corrected chi connectivity index (χ1v) is 8.04. The number of benzene rings is 1. The standard InChI is InChI=1S/C15H16BrClS/c1-8-5-9(2)12(10(3)6-8)13(16)15-14(17)11(4)7-18-15/h5-7,13H,1-4H3. The largest absolute Gasteiger partial charge is 0.145 e. The van der Waals surface area contributed by atoms with Crippen LogP contribution in [0.5, 0.6) is 0 Å². The van der Waals surface area contributed by atoms with Gasteiger partial charge in [-0.2, -0.15) is 0 Å². The minimum atomic E-state index is 0.185. The van der Waals surface area contributed by atoms with Gasteiger partial charge in [-0.25, -0.2) is 0 Å². The normalized spacial score (nSPS) is 12.8. The van der Waals surface area contributed by atoms with Gasteiger partial charge in [-0.05, 0) is 55.3 Å². The molecule has 1 unspecified atom stereocenters. The van der Waals surface area contributed by atoms with E-state index in [1.807, 2.05) is 0 Å². The third-order valence-electron chi connectivity index (χ3n) is 3.15. The second-order valence-electron chi connectivity index (χ2n) is 4.77. The number of hydrogen-bond donors (Lipinski definition) is 0. The Morgan fingerprint density at radius 2 is 1.61 bits per heavy atom. The smallest absolute Gasteiger partial charge is 0.0758 e. The monoisotopic (exact) mass is 342 g/mol. The number of rotatable bonds is 2. The molecular weight excluding hydrogens is 328 g/mol. The maximum atomic E-state index is 6.37. The molecule has 0 fully saturated rings. The Morgan fingerprint density at radius 3 is 2.06 bits per heavy atom. The summed E-state index contributed by atoms with van der Waals surface area (Å²) < 4.78 is 0. The first kappa shape index (κ1) is 14.1. The second-order valence-corrected chi connectivity index (χ2v) is 6.98. The first-order chi connectivity index (χ1) is 8.41. The van der Waals surface area contributed by atoms with Crippen molar-refractivity contribution in [2.24, 2.45) is 0 Å². The summed E-state index contributed by atoms with van der Waals surface area (Å²) in [7, 11) is 0. The van der Waals surface area contributed by atoms with E-state index < -0.39 is 0 Å². The third-order valence-corrected chi connectivity index (χ3v) is 6.14. The van der Waals surface area contributed by atoms with Crippen LogP contribution in [0.25, 0.3) is 0 Å². The highest BCUT2D eigenvalue weighted by atomic mass is 79.9. The lowest BCUT2D eigenvalue weighted by Gasteiger charge is -2.16. The number of hydrogen-bond acceptors (Lipinski definition) is 1. The molecule has 0 N–H and O–H groups in total. The third kappa shape index (κ3) is 2.52. The molecular formula is C15H16BrClS. The van der Waals surface area contributed by atoms with E-state index in [2.05, 4.69) is 61.1 Å². The van der Waals surface area contributed by atoms with E-state index in [1.54, 1.807) is 11.3 Å². The molecule has 0 aliphatic rings. The van der Waals surface area contributed by atoms with Gasteiger partial charge in [0.2, 0.25) is 0 Å². The molecule has 0 bridgehead atoms. The molecule has 0 amide bonds. The van der Waals surface area contributed by atoms with E-state index in [4.69, 9.17) is 11.6 Å². The van der Waals surface area contributed by atoms with E-state index >= 15 is 0 Å². The molecule has 2 aromatic rings. The van der Waals surface area contributed by atoms with Crippen molar-refractivity contribution in [3.63, 3.8) is 0 Å². The summed E-state index contributed by atoms with van der Waals surface area (Å²) in [6.07, 6.45) is 0. The van der Waals surface area contributed by atoms with Crippen LogP contribution in [-0.2, 0) is 0 Å². The van der Waals surface area contributed by atoms with Gasteiger partial charge in [-0.3, -0.25) is 0 Å². The van der Waals surface area contributed by atoms with Crippen molar-refractivity contribution in [2.75, 3.05) is 0 Å². The lowest BCUT2D eigenvalue weighted by atomic mass is 9.96. The van der Waals surface area contributed by atoms with E-state index in [1.165, 1.54) is 27.1 Å². The predicted molar refractivity (Wildman–Crippen MR) is 85.5 cm³/mol. The highest BCUT2D eigenvalue weighted by Crippen LogP contribution is 2.42. The van der Waals surface area contributed by atoms with Gasteiger partial charge in [0.05, 0.1) is 9.85 Å². The van der Waals surface area contributed by atoms with Gasteiger partial charge in [0.25, 0.3) is 0 Å².